The number of benzene rings is 1. The van der Waals surface area contributed by atoms with Gasteiger partial charge in [-0.15, -0.1) is 0 Å². The molecule has 0 spiro atoms. The Bertz CT molecular complexity index is 495. The van der Waals surface area contributed by atoms with Crippen molar-refractivity contribution in [2.75, 3.05) is 25.5 Å². The average Bonchev–Trinajstić information content (AvgIpc) is 2.79. The minimum Gasteiger partial charge on any atom is -0.345 e. The van der Waals surface area contributed by atoms with E-state index in [1.54, 1.807) is 30.0 Å². The molecule has 0 radical (unpaired) electrons. The fraction of sp³-hybridized carbons (Fsp3) is 0.429. The van der Waals surface area contributed by atoms with Crippen molar-refractivity contribution in [1.29, 1.82) is 0 Å². The summed E-state index contributed by atoms with van der Waals surface area (Å²) >= 11 is 0. The van der Waals surface area contributed by atoms with Crippen molar-refractivity contribution in [3.05, 3.63) is 29.3 Å². The normalized spacial score (nSPS) is 13.4. The average molecular weight is 246 g/mol. The Kier molecular flexibility index (Phi) is 3.36. The van der Waals surface area contributed by atoms with Crippen molar-refractivity contribution >= 4 is 17.5 Å². The van der Waals surface area contributed by atoms with Crippen LogP contribution in [0.4, 0.5) is 5.69 Å². The molecule has 0 saturated carbocycles. The molecule has 0 N–H and O–H groups in total. The van der Waals surface area contributed by atoms with Crippen LogP contribution in [-0.4, -0.2) is 37.4 Å². The number of anilines is 1. The molecule has 18 heavy (non-hydrogen) atoms. The standard InChI is InChI=1S/C14H18N2O2/c1-4-13(17)16-8-7-10-9-11(5-6-12(10)16)14(18)15(2)3/h5-6,9H,4,7-8H2,1-3H3. The number of fused-ring (bicyclic) bond motifs is 1. The first-order valence-electron chi connectivity index (χ1n) is 6.19. The smallest absolute Gasteiger partial charge is 0.253 e. The van der Waals surface area contributed by atoms with E-state index in [4.69, 9.17) is 0 Å². The highest BCUT2D eigenvalue weighted by Gasteiger charge is 2.24. The van der Waals surface area contributed by atoms with Crippen LogP contribution in [0.2, 0.25) is 0 Å². The lowest BCUT2D eigenvalue weighted by Crippen LogP contribution is -2.27. The first-order chi connectivity index (χ1) is 8.54. The molecule has 96 valence electrons. The number of carbonyl (C=O) groups excluding carboxylic acids is 2. The zero-order chi connectivity index (χ0) is 13.3. The van der Waals surface area contributed by atoms with Crippen LogP contribution in [-0.2, 0) is 11.2 Å². The summed E-state index contributed by atoms with van der Waals surface area (Å²) in [5.74, 6) is 0.138. The van der Waals surface area contributed by atoms with Crippen LogP contribution in [0.25, 0.3) is 0 Å². The molecule has 0 bridgehead atoms. The summed E-state index contributed by atoms with van der Waals surface area (Å²) in [6.07, 6.45) is 1.34. The SMILES string of the molecule is CCC(=O)N1CCc2cc(C(=O)N(C)C)ccc21. The molecule has 4 heteroatoms. The van der Waals surface area contributed by atoms with Crippen LogP contribution >= 0.6 is 0 Å². The van der Waals surface area contributed by atoms with E-state index in [1.165, 1.54) is 0 Å². The third-order valence-electron chi connectivity index (χ3n) is 3.23. The van der Waals surface area contributed by atoms with Gasteiger partial charge in [0.1, 0.15) is 0 Å². The summed E-state index contributed by atoms with van der Waals surface area (Å²) < 4.78 is 0. The summed E-state index contributed by atoms with van der Waals surface area (Å²) in [4.78, 5) is 27.0. The number of carbonyl (C=O) groups is 2. The van der Waals surface area contributed by atoms with E-state index in [1.807, 2.05) is 19.1 Å². The second kappa shape index (κ2) is 4.80. The Labute approximate surface area is 107 Å². The fourth-order valence-electron chi connectivity index (χ4n) is 2.24. The van der Waals surface area contributed by atoms with Gasteiger partial charge < -0.3 is 9.80 Å². The number of nitrogens with zero attached hydrogens (tertiary/aromatic N) is 2. The Morgan fingerprint density at radius 3 is 2.67 bits per heavy atom. The van der Waals surface area contributed by atoms with Gasteiger partial charge >= 0.3 is 0 Å². The van der Waals surface area contributed by atoms with E-state index >= 15 is 0 Å². The first-order valence-corrected chi connectivity index (χ1v) is 6.19. The van der Waals surface area contributed by atoms with Crippen molar-refractivity contribution in [3.8, 4) is 0 Å². The van der Waals surface area contributed by atoms with Gasteiger partial charge in [-0.1, -0.05) is 6.92 Å². The number of hydrogen-bond acceptors (Lipinski definition) is 2. The minimum atomic E-state index is -0.00179. The predicted molar refractivity (Wildman–Crippen MR) is 70.8 cm³/mol. The van der Waals surface area contributed by atoms with Crippen LogP contribution in [0.5, 0.6) is 0 Å². The molecule has 0 aliphatic carbocycles. The predicted octanol–water partition coefficient (Wildman–Crippen LogP) is 1.69. The Morgan fingerprint density at radius 2 is 2.06 bits per heavy atom. The minimum absolute atomic E-state index is 0.00179. The summed E-state index contributed by atoms with van der Waals surface area (Å²) in [7, 11) is 3.48. The zero-order valence-electron chi connectivity index (χ0n) is 11.1. The van der Waals surface area contributed by atoms with Gasteiger partial charge in [-0.2, -0.15) is 0 Å². The highest BCUT2D eigenvalue weighted by Crippen LogP contribution is 2.29. The molecule has 1 aliphatic rings. The van der Waals surface area contributed by atoms with Crippen molar-refractivity contribution < 1.29 is 9.59 Å². The highest BCUT2D eigenvalue weighted by atomic mass is 16.2. The van der Waals surface area contributed by atoms with Crippen molar-refractivity contribution in [2.45, 2.75) is 19.8 Å². The third-order valence-corrected chi connectivity index (χ3v) is 3.23. The molecule has 2 amide bonds. The van der Waals surface area contributed by atoms with Gasteiger partial charge in [0, 0.05) is 38.3 Å². The maximum Gasteiger partial charge on any atom is 0.253 e. The molecular formula is C14H18N2O2. The molecule has 4 nitrogen and oxygen atoms in total. The van der Waals surface area contributed by atoms with E-state index in [2.05, 4.69) is 0 Å². The molecule has 0 saturated heterocycles. The van der Waals surface area contributed by atoms with Crippen LogP contribution in [0.1, 0.15) is 29.3 Å². The first kappa shape index (κ1) is 12.6. The second-order valence-corrected chi connectivity index (χ2v) is 4.69. The fourth-order valence-corrected chi connectivity index (χ4v) is 2.24. The molecule has 0 aromatic heterocycles. The number of hydrogen-bond donors (Lipinski definition) is 0. The van der Waals surface area contributed by atoms with Gasteiger partial charge in [0.25, 0.3) is 5.91 Å². The molecule has 0 unspecified atom stereocenters. The van der Waals surface area contributed by atoms with Gasteiger partial charge in [0.2, 0.25) is 5.91 Å². The molecule has 1 aromatic rings. The molecule has 0 atom stereocenters. The third kappa shape index (κ3) is 2.10. The number of amides is 2. The van der Waals surface area contributed by atoms with Crippen molar-refractivity contribution in [2.24, 2.45) is 0 Å². The Morgan fingerprint density at radius 1 is 1.33 bits per heavy atom. The number of rotatable bonds is 2. The zero-order valence-corrected chi connectivity index (χ0v) is 11.1. The lowest BCUT2D eigenvalue weighted by atomic mass is 10.1. The lowest BCUT2D eigenvalue weighted by Gasteiger charge is -2.17. The lowest BCUT2D eigenvalue weighted by molar-refractivity contribution is -0.118. The maximum absolute atomic E-state index is 11.9. The van der Waals surface area contributed by atoms with Gasteiger partial charge in [-0.3, -0.25) is 9.59 Å². The summed E-state index contributed by atoms with van der Waals surface area (Å²) in [6, 6.07) is 5.58. The van der Waals surface area contributed by atoms with Gasteiger partial charge in [-0.25, -0.2) is 0 Å². The summed E-state index contributed by atoms with van der Waals surface area (Å²) in [5, 5.41) is 0. The van der Waals surface area contributed by atoms with Crippen LogP contribution in [0.15, 0.2) is 18.2 Å². The Hall–Kier alpha value is -1.84. The Balaban J connectivity index is 2.31. The van der Waals surface area contributed by atoms with E-state index in [-0.39, 0.29) is 11.8 Å². The van der Waals surface area contributed by atoms with E-state index < -0.39 is 0 Å². The molecule has 1 heterocycles. The van der Waals surface area contributed by atoms with Crippen LogP contribution in [0, 0.1) is 0 Å². The van der Waals surface area contributed by atoms with Gasteiger partial charge in [-0.05, 0) is 30.2 Å². The molecule has 1 aromatic carbocycles. The van der Waals surface area contributed by atoms with E-state index in [9.17, 15) is 9.59 Å². The van der Waals surface area contributed by atoms with Crippen molar-refractivity contribution in [1.82, 2.24) is 4.90 Å². The second-order valence-electron chi connectivity index (χ2n) is 4.69. The summed E-state index contributed by atoms with van der Waals surface area (Å²) in [5.41, 5.74) is 2.73. The van der Waals surface area contributed by atoms with E-state index in [0.29, 0.717) is 12.0 Å². The molecule has 2 rings (SSSR count). The van der Waals surface area contributed by atoms with Gasteiger partial charge in [0.15, 0.2) is 0 Å². The largest absolute Gasteiger partial charge is 0.345 e. The maximum atomic E-state index is 11.9. The van der Waals surface area contributed by atoms with Crippen LogP contribution in [0.3, 0.4) is 0 Å². The van der Waals surface area contributed by atoms with Crippen LogP contribution < -0.4 is 4.90 Å². The highest BCUT2D eigenvalue weighted by molar-refractivity contribution is 5.98. The van der Waals surface area contributed by atoms with Crippen molar-refractivity contribution in [3.63, 3.8) is 0 Å². The monoisotopic (exact) mass is 246 g/mol. The molecular weight excluding hydrogens is 228 g/mol. The molecule has 1 aliphatic heterocycles. The molecule has 0 fully saturated rings. The summed E-state index contributed by atoms with van der Waals surface area (Å²) in [6.45, 7) is 2.59. The topological polar surface area (TPSA) is 40.6 Å². The van der Waals surface area contributed by atoms with Gasteiger partial charge in [0.05, 0.1) is 0 Å². The van der Waals surface area contributed by atoms with E-state index in [0.717, 1.165) is 24.2 Å². The quantitative estimate of drug-likeness (QED) is 0.796.